The number of nitrogens with one attached hydrogen (secondary N) is 1. The van der Waals surface area contributed by atoms with Crippen molar-refractivity contribution in [2.24, 2.45) is 5.41 Å². The minimum atomic E-state index is -4.71. The number of halogens is 4. The molecule has 1 aromatic carbocycles. The summed E-state index contributed by atoms with van der Waals surface area (Å²) in [5.74, 6) is -0.103. The van der Waals surface area contributed by atoms with Crippen molar-refractivity contribution in [2.45, 2.75) is 31.0 Å². The van der Waals surface area contributed by atoms with Crippen molar-refractivity contribution in [3.8, 4) is 17.0 Å². The number of aliphatic carboxylic acids is 1. The highest BCUT2D eigenvalue weighted by Gasteiger charge is 2.38. The molecule has 3 heterocycles. The highest BCUT2D eigenvalue weighted by molar-refractivity contribution is 7.92. The molecule has 0 aliphatic carbocycles. The van der Waals surface area contributed by atoms with Crippen molar-refractivity contribution in [3.63, 3.8) is 0 Å². The first kappa shape index (κ1) is 27.8. The van der Waals surface area contributed by atoms with E-state index in [2.05, 4.69) is 14.7 Å². The lowest BCUT2D eigenvalue weighted by Gasteiger charge is -2.37. The van der Waals surface area contributed by atoms with Crippen LogP contribution in [0.25, 0.3) is 11.3 Å². The van der Waals surface area contributed by atoms with Crippen molar-refractivity contribution in [1.29, 1.82) is 0 Å². The molecule has 0 amide bonds. The lowest BCUT2D eigenvalue weighted by molar-refractivity contribution is -0.149. The first-order valence-electron chi connectivity index (χ1n) is 11.5. The van der Waals surface area contributed by atoms with Crippen LogP contribution in [0.5, 0.6) is 5.75 Å². The van der Waals surface area contributed by atoms with Gasteiger partial charge in [-0.1, -0.05) is 17.7 Å². The number of anilines is 2. The molecule has 1 atom stereocenters. The van der Waals surface area contributed by atoms with Crippen LogP contribution >= 0.6 is 11.6 Å². The Morgan fingerprint density at radius 3 is 2.53 bits per heavy atom. The van der Waals surface area contributed by atoms with Gasteiger partial charge >= 0.3 is 12.1 Å². The Balaban J connectivity index is 1.59. The van der Waals surface area contributed by atoms with Crippen molar-refractivity contribution >= 4 is 40.6 Å². The minimum absolute atomic E-state index is 0.00588. The molecule has 13 heteroatoms. The van der Waals surface area contributed by atoms with E-state index in [1.807, 2.05) is 4.90 Å². The number of ether oxygens (including phenoxy) is 1. The van der Waals surface area contributed by atoms with Crippen LogP contribution in [0.4, 0.5) is 24.8 Å². The smallest absolute Gasteiger partial charge is 0.418 e. The van der Waals surface area contributed by atoms with Crippen molar-refractivity contribution in [1.82, 2.24) is 9.97 Å². The predicted molar refractivity (Wildman–Crippen MR) is 138 cm³/mol. The van der Waals surface area contributed by atoms with Crippen molar-refractivity contribution < 1.29 is 32.4 Å². The van der Waals surface area contributed by atoms with Gasteiger partial charge in [0, 0.05) is 24.7 Å². The molecule has 0 spiro atoms. The van der Waals surface area contributed by atoms with E-state index in [9.17, 15) is 27.6 Å². The van der Waals surface area contributed by atoms with Crippen LogP contribution in [0.15, 0.2) is 53.6 Å². The van der Waals surface area contributed by atoms with Crippen LogP contribution in [-0.4, -0.2) is 45.8 Å². The molecule has 0 bridgehead atoms. The lowest BCUT2D eigenvalue weighted by atomic mass is 9.80. The molecule has 8 nitrogen and oxygen atoms in total. The van der Waals surface area contributed by atoms with Gasteiger partial charge in [0.05, 0.1) is 28.8 Å². The average Bonchev–Trinajstić information content (AvgIpc) is 2.88. The number of rotatable bonds is 7. The number of alkyl halides is 3. The fraction of sp³-hybridized carbons (Fsp3) is 0.320. The second-order valence-electron chi connectivity index (χ2n) is 8.99. The summed E-state index contributed by atoms with van der Waals surface area (Å²) in [5, 5.41) is 9.62. The number of benzene rings is 1. The van der Waals surface area contributed by atoms with E-state index in [0.29, 0.717) is 37.5 Å². The highest BCUT2D eigenvalue weighted by Crippen LogP contribution is 2.40. The molecule has 0 radical (unpaired) electrons. The van der Waals surface area contributed by atoms with E-state index in [1.54, 1.807) is 19.1 Å². The summed E-state index contributed by atoms with van der Waals surface area (Å²) >= 11 is 4.24. The van der Waals surface area contributed by atoms with E-state index in [1.165, 1.54) is 31.4 Å². The van der Waals surface area contributed by atoms with E-state index in [0.717, 1.165) is 12.1 Å². The SMILES string of the molecule is COc1ccc(Cl)c(-c2nc(N[S+]([O-])c3cccc(N4CCC(C)(C(=O)O)CC4)n3)ccc2C(F)(F)F)c1. The number of aromatic nitrogens is 2. The summed E-state index contributed by atoms with van der Waals surface area (Å²) in [6.45, 7) is 2.63. The molecule has 1 saturated heterocycles. The summed E-state index contributed by atoms with van der Waals surface area (Å²) in [6, 6.07) is 11.1. The van der Waals surface area contributed by atoms with Crippen LogP contribution in [0, 0.1) is 5.41 Å². The number of carbonyl (C=O) groups is 1. The molecule has 4 rings (SSSR count). The molecule has 1 fully saturated rings. The second kappa shape index (κ2) is 10.9. The number of piperidine rings is 1. The maximum absolute atomic E-state index is 13.8. The van der Waals surface area contributed by atoms with Gasteiger partial charge in [-0.15, -0.1) is 0 Å². The third-order valence-electron chi connectivity index (χ3n) is 6.43. The molecule has 202 valence electrons. The van der Waals surface area contributed by atoms with Gasteiger partial charge in [0.2, 0.25) is 0 Å². The quantitative estimate of drug-likeness (QED) is 0.352. The molecular weight excluding hydrogens is 545 g/mol. The van der Waals surface area contributed by atoms with E-state index >= 15 is 0 Å². The third-order valence-corrected chi connectivity index (χ3v) is 7.76. The maximum Gasteiger partial charge on any atom is 0.418 e. The average molecular weight is 569 g/mol. The summed E-state index contributed by atoms with van der Waals surface area (Å²) < 4.78 is 62.1. The number of hydrogen-bond donors (Lipinski definition) is 2. The Bertz CT molecular complexity index is 1340. The van der Waals surface area contributed by atoms with Crippen molar-refractivity contribution in [3.05, 3.63) is 59.1 Å². The molecule has 38 heavy (non-hydrogen) atoms. The lowest BCUT2D eigenvalue weighted by Crippen LogP contribution is -2.43. The third kappa shape index (κ3) is 5.92. The normalized spacial score (nSPS) is 16.1. The van der Waals surface area contributed by atoms with Gasteiger partial charge in [0.25, 0.3) is 5.03 Å². The molecular formula is C25H24ClF3N4O4S. The summed E-state index contributed by atoms with van der Waals surface area (Å²) in [5.41, 5.74) is -2.26. The van der Waals surface area contributed by atoms with E-state index < -0.39 is 40.2 Å². The van der Waals surface area contributed by atoms with Gasteiger partial charge in [0.1, 0.15) is 22.9 Å². The number of methoxy groups -OCH3 is 1. The molecule has 3 aromatic rings. The number of carboxylic acids is 1. The highest BCUT2D eigenvalue weighted by atomic mass is 35.5. The monoisotopic (exact) mass is 568 g/mol. The first-order chi connectivity index (χ1) is 17.9. The van der Waals surface area contributed by atoms with Gasteiger partial charge < -0.3 is 19.3 Å². The Morgan fingerprint density at radius 2 is 1.89 bits per heavy atom. The van der Waals surface area contributed by atoms with Crippen molar-refractivity contribution in [2.75, 3.05) is 29.8 Å². The summed E-state index contributed by atoms with van der Waals surface area (Å²) in [7, 11) is 1.38. The predicted octanol–water partition coefficient (Wildman–Crippen LogP) is 5.65. The molecule has 1 unspecified atom stereocenters. The fourth-order valence-electron chi connectivity index (χ4n) is 4.04. The Kier molecular flexibility index (Phi) is 7.96. The zero-order chi connectivity index (χ0) is 27.7. The fourth-order valence-corrected chi connectivity index (χ4v) is 5.03. The molecule has 1 aliphatic rings. The summed E-state index contributed by atoms with van der Waals surface area (Å²) in [4.78, 5) is 21.9. The van der Waals surface area contributed by atoms with E-state index in [-0.39, 0.29) is 21.4 Å². The van der Waals surface area contributed by atoms with Gasteiger partial charge in [0.15, 0.2) is 5.82 Å². The molecule has 1 aliphatic heterocycles. The van der Waals surface area contributed by atoms with E-state index in [4.69, 9.17) is 16.3 Å². The molecule has 2 aromatic heterocycles. The van der Waals surface area contributed by atoms with Gasteiger partial charge in [-0.2, -0.15) is 22.9 Å². The number of carboxylic acid groups (broad SMARTS) is 1. The first-order valence-corrected chi connectivity index (χ1v) is 13.0. The topological polar surface area (TPSA) is 111 Å². The Hall–Kier alpha value is -3.22. The zero-order valence-corrected chi connectivity index (χ0v) is 22.0. The largest absolute Gasteiger partial charge is 0.587 e. The van der Waals surface area contributed by atoms with Gasteiger partial charge in [-0.05, 0) is 56.2 Å². The second-order valence-corrected chi connectivity index (χ2v) is 10.6. The van der Waals surface area contributed by atoms with Gasteiger partial charge in [-0.3, -0.25) is 4.79 Å². The maximum atomic E-state index is 13.8. The number of pyridine rings is 2. The Labute approximate surface area is 225 Å². The Morgan fingerprint density at radius 1 is 1.18 bits per heavy atom. The van der Waals surface area contributed by atoms with Crippen LogP contribution in [0.2, 0.25) is 5.02 Å². The summed E-state index contributed by atoms with van der Waals surface area (Å²) in [6.07, 6.45) is -3.85. The number of nitrogens with zero attached hydrogens (tertiary/aromatic N) is 3. The number of hydrogen-bond acceptors (Lipinski definition) is 7. The van der Waals surface area contributed by atoms with Crippen LogP contribution in [0.3, 0.4) is 0 Å². The van der Waals surface area contributed by atoms with Crippen LogP contribution in [-0.2, 0) is 22.3 Å². The van der Waals surface area contributed by atoms with Crippen LogP contribution < -0.4 is 14.4 Å². The molecule has 0 saturated carbocycles. The van der Waals surface area contributed by atoms with Crippen LogP contribution in [0.1, 0.15) is 25.3 Å². The minimum Gasteiger partial charge on any atom is -0.587 e. The molecule has 2 N–H and O–H groups in total. The standard InChI is InChI=1S/C25H24ClF3N4O4S/c1-24(23(34)35)10-12-33(13-11-24)20-4-3-5-21(31-20)38(36)32-19-9-7-17(25(27,28)29)22(30-19)16-14-15(37-2)6-8-18(16)26/h3-9,14H,10-13H2,1-2H3,(H,30,32)(H,34,35). The van der Waals surface area contributed by atoms with Gasteiger partial charge in [-0.25, -0.2) is 4.98 Å². The zero-order valence-electron chi connectivity index (χ0n) is 20.4.